The minimum Gasteiger partial charge on any atom is -0.463 e. The van der Waals surface area contributed by atoms with Gasteiger partial charge < -0.3 is 19.7 Å². The van der Waals surface area contributed by atoms with Gasteiger partial charge in [-0.1, -0.05) is 12.2 Å². The highest BCUT2D eigenvalue weighted by molar-refractivity contribution is 5.84. The predicted molar refractivity (Wildman–Crippen MR) is 75.4 cm³/mol. The highest BCUT2D eigenvalue weighted by atomic mass is 16.5. The van der Waals surface area contributed by atoms with Crippen molar-refractivity contribution < 1.29 is 29.3 Å². The van der Waals surface area contributed by atoms with E-state index in [4.69, 9.17) is 19.7 Å². The molecule has 3 aliphatic carbocycles. The molecule has 6 nitrogen and oxygen atoms in total. The van der Waals surface area contributed by atoms with Crippen molar-refractivity contribution in [3.8, 4) is 0 Å². The van der Waals surface area contributed by atoms with Gasteiger partial charge in [-0.2, -0.15) is 0 Å². The Balaban J connectivity index is 1.78. The van der Waals surface area contributed by atoms with Gasteiger partial charge in [0.1, 0.15) is 13.2 Å². The first-order chi connectivity index (χ1) is 10.7. The molecular weight excluding hydrogens is 288 g/mol. The van der Waals surface area contributed by atoms with Crippen molar-refractivity contribution in [3.63, 3.8) is 0 Å². The maximum absolute atomic E-state index is 12.4. The fourth-order valence-corrected chi connectivity index (χ4v) is 4.72. The average molecular weight is 310 g/mol. The van der Waals surface area contributed by atoms with Crippen LogP contribution in [0.3, 0.4) is 0 Å². The topological polar surface area (TPSA) is 93.1 Å². The maximum Gasteiger partial charge on any atom is 0.310 e. The molecule has 3 aliphatic rings. The Morgan fingerprint density at radius 1 is 0.955 bits per heavy atom. The summed E-state index contributed by atoms with van der Waals surface area (Å²) in [6, 6.07) is 0. The number of hydrogen-bond acceptors (Lipinski definition) is 6. The number of carbonyl (C=O) groups is 2. The second kappa shape index (κ2) is 6.38. The highest BCUT2D eigenvalue weighted by Crippen LogP contribution is 2.62. The molecule has 0 radical (unpaired) electrons. The van der Waals surface area contributed by atoms with Crippen LogP contribution in [0.15, 0.2) is 12.2 Å². The molecule has 2 fully saturated rings. The lowest BCUT2D eigenvalue weighted by Gasteiger charge is -2.35. The monoisotopic (exact) mass is 310 g/mol. The lowest BCUT2D eigenvalue weighted by molar-refractivity contribution is -0.166. The zero-order valence-electron chi connectivity index (χ0n) is 12.4. The third kappa shape index (κ3) is 2.44. The molecule has 2 N–H and O–H groups in total. The van der Waals surface area contributed by atoms with Gasteiger partial charge in [0.2, 0.25) is 0 Å². The van der Waals surface area contributed by atoms with E-state index in [1.807, 2.05) is 0 Å². The summed E-state index contributed by atoms with van der Waals surface area (Å²) in [6.45, 7) is -0.537. The summed E-state index contributed by atoms with van der Waals surface area (Å²) in [4.78, 5) is 24.7. The number of allylic oxidation sites excluding steroid dienone is 2. The van der Waals surface area contributed by atoms with Crippen molar-refractivity contribution in [1.82, 2.24) is 0 Å². The van der Waals surface area contributed by atoms with Crippen LogP contribution in [0.2, 0.25) is 0 Å². The molecule has 0 aromatic heterocycles. The molecule has 2 saturated carbocycles. The molecule has 0 heterocycles. The number of ether oxygens (including phenoxy) is 2. The van der Waals surface area contributed by atoms with E-state index >= 15 is 0 Å². The number of esters is 2. The third-order valence-electron chi connectivity index (χ3n) is 5.37. The van der Waals surface area contributed by atoms with E-state index in [1.54, 1.807) is 0 Å². The van der Waals surface area contributed by atoms with Gasteiger partial charge in [0.25, 0.3) is 0 Å². The van der Waals surface area contributed by atoms with Crippen molar-refractivity contribution in [2.24, 2.45) is 35.5 Å². The first-order valence-electron chi connectivity index (χ1n) is 7.90. The van der Waals surface area contributed by atoms with E-state index in [2.05, 4.69) is 12.2 Å². The number of carbonyl (C=O) groups excluding carboxylic acids is 2. The summed E-state index contributed by atoms with van der Waals surface area (Å²) in [7, 11) is 0. The van der Waals surface area contributed by atoms with E-state index in [1.165, 1.54) is 0 Å². The van der Waals surface area contributed by atoms with E-state index in [0.29, 0.717) is 11.8 Å². The summed E-state index contributed by atoms with van der Waals surface area (Å²) in [5.74, 6) is -0.772. The van der Waals surface area contributed by atoms with Crippen LogP contribution in [0, 0.1) is 35.5 Å². The number of fused-ring (bicyclic) bond motifs is 5. The molecule has 0 aliphatic heterocycles. The van der Waals surface area contributed by atoms with E-state index < -0.39 is 23.8 Å². The number of hydrogen-bond donors (Lipinski definition) is 2. The molecule has 3 rings (SSSR count). The summed E-state index contributed by atoms with van der Waals surface area (Å²) in [5, 5.41) is 17.6. The van der Waals surface area contributed by atoms with Crippen LogP contribution in [0.5, 0.6) is 0 Å². The fraction of sp³-hybridized carbons (Fsp3) is 0.750. The summed E-state index contributed by atoms with van der Waals surface area (Å²) in [6.07, 6.45) is 6.09. The van der Waals surface area contributed by atoms with Crippen molar-refractivity contribution in [3.05, 3.63) is 12.2 Å². The van der Waals surface area contributed by atoms with Crippen molar-refractivity contribution in [1.29, 1.82) is 0 Å². The predicted octanol–water partition coefficient (Wildman–Crippen LogP) is 0.132. The van der Waals surface area contributed by atoms with E-state index in [0.717, 1.165) is 12.8 Å². The SMILES string of the molecule is O=C(OCCO)C1C2CC(C3CC=CC32)C1C(=O)OCCO. The van der Waals surface area contributed by atoms with Gasteiger partial charge in [0.15, 0.2) is 0 Å². The molecule has 0 saturated heterocycles. The number of aliphatic hydroxyl groups is 2. The maximum atomic E-state index is 12.4. The molecule has 0 spiro atoms. The number of aliphatic hydroxyl groups excluding tert-OH is 2. The van der Waals surface area contributed by atoms with Crippen LogP contribution in [0.1, 0.15) is 12.8 Å². The average Bonchev–Trinajstić information content (AvgIpc) is 3.20. The van der Waals surface area contributed by atoms with Crippen LogP contribution in [-0.2, 0) is 19.1 Å². The molecule has 22 heavy (non-hydrogen) atoms. The van der Waals surface area contributed by atoms with E-state index in [9.17, 15) is 9.59 Å². The molecule has 6 unspecified atom stereocenters. The zero-order chi connectivity index (χ0) is 15.7. The fourth-order valence-electron chi connectivity index (χ4n) is 4.72. The Morgan fingerprint density at radius 3 is 2.14 bits per heavy atom. The Hall–Kier alpha value is -1.40. The van der Waals surface area contributed by atoms with Gasteiger partial charge in [-0.25, -0.2) is 0 Å². The summed E-state index contributed by atoms with van der Waals surface area (Å²) < 4.78 is 10.2. The second-order valence-electron chi connectivity index (χ2n) is 6.30. The third-order valence-corrected chi connectivity index (χ3v) is 5.37. The Morgan fingerprint density at radius 2 is 1.55 bits per heavy atom. The van der Waals surface area contributed by atoms with Crippen molar-refractivity contribution in [2.75, 3.05) is 26.4 Å². The standard InChI is InChI=1S/C16H22O6/c17-4-6-21-15(19)13-11-8-12(10-3-1-2-9(10)11)14(13)16(20)22-7-5-18/h1-2,9-14,17-18H,3-8H2. The van der Waals surface area contributed by atoms with Crippen LogP contribution < -0.4 is 0 Å². The normalized spacial score (nSPS) is 38.1. The highest BCUT2D eigenvalue weighted by Gasteiger charge is 2.63. The van der Waals surface area contributed by atoms with Gasteiger partial charge in [0.05, 0.1) is 25.0 Å². The molecular formula is C16H22O6. The first kappa shape index (κ1) is 15.5. The minimum absolute atomic E-state index is 0.0442. The Kier molecular flexibility index (Phi) is 4.49. The molecule has 122 valence electrons. The largest absolute Gasteiger partial charge is 0.463 e. The molecule has 6 heteroatoms. The van der Waals surface area contributed by atoms with Gasteiger partial charge >= 0.3 is 11.9 Å². The lowest BCUT2D eigenvalue weighted by Crippen LogP contribution is -2.42. The first-order valence-corrected chi connectivity index (χ1v) is 7.90. The van der Waals surface area contributed by atoms with Crippen molar-refractivity contribution in [2.45, 2.75) is 12.8 Å². The second-order valence-corrected chi connectivity index (χ2v) is 6.30. The van der Waals surface area contributed by atoms with E-state index in [-0.39, 0.29) is 38.3 Å². The molecule has 0 aromatic carbocycles. The van der Waals surface area contributed by atoms with Gasteiger partial charge in [-0.3, -0.25) is 9.59 Å². The molecule has 0 aromatic rings. The molecule has 2 bridgehead atoms. The molecule has 0 amide bonds. The Labute approximate surface area is 129 Å². The van der Waals surface area contributed by atoms with Crippen LogP contribution in [-0.4, -0.2) is 48.6 Å². The quantitative estimate of drug-likeness (QED) is 0.535. The minimum atomic E-state index is -0.494. The van der Waals surface area contributed by atoms with Gasteiger partial charge in [0, 0.05) is 0 Å². The summed E-state index contributed by atoms with van der Waals surface area (Å²) >= 11 is 0. The number of rotatable bonds is 6. The van der Waals surface area contributed by atoms with Crippen molar-refractivity contribution >= 4 is 11.9 Å². The molecule has 6 atom stereocenters. The van der Waals surface area contributed by atoms with Gasteiger partial charge in [-0.05, 0) is 36.5 Å². The van der Waals surface area contributed by atoms with Crippen LogP contribution in [0.4, 0.5) is 0 Å². The lowest BCUT2D eigenvalue weighted by atomic mass is 9.69. The zero-order valence-corrected chi connectivity index (χ0v) is 12.4. The summed E-state index contributed by atoms with van der Waals surface area (Å²) in [5.41, 5.74) is 0. The van der Waals surface area contributed by atoms with Crippen LogP contribution >= 0.6 is 0 Å². The Bertz CT molecular complexity index is 473. The smallest absolute Gasteiger partial charge is 0.310 e. The van der Waals surface area contributed by atoms with Crippen LogP contribution in [0.25, 0.3) is 0 Å². The van der Waals surface area contributed by atoms with Gasteiger partial charge in [-0.15, -0.1) is 0 Å².